The number of unbranched alkanes of at least 4 members (excludes halogenated alkanes) is 3. The topological polar surface area (TPSA) is 97.8 Å². The van der Waals surface area contributed by atoms with Crippen LogP contribution < -0.4 is 14.8 Å². The molecule has 0 spiro atoms. The van der Waals surface area contributed by atoms with Gasteiger partial charge < -0.3 is 19.9 Å². The van der Waals surface area contributed by atoms with Gasteiger partial charge in [-0.05, 0) is 69.7 Å². The quantitative estimate of drug-likeness (QED) is 0.277. The van der Waals surface area contributed by atoms with Crippen molar-refractivity contribution in [2.45, 2.75) is 65.2 Å². The van der Waals surface area contributed by atoms with Gasteiger partial charge in [-0.2, -0.15) is 0 Å². The Kier molecular flexibility index (Phi) is 11.8. The van der Waals surface area contributed by atoms with Crippen LogP contribution >= 0.6 is 0 Å². The van der Waals surface area contributed by atoms with Crippen LogP contribution in [0.4, 0.5) is 0 Å². The molecule has 0 atom stereocenters. The molecule has 0 radical (unpaired) electrons. The van der Waals surface area contributed by atoms with Gasteiger partial charge in [-0.15, -0.1) is 0 Å². The number of phenolic OH excluding ortho intramolecular Hbond substituents is 1. The maximum absolute atomic E-state index is 12.0. The number of pyridine rings is 1. The highest BCUT2D eigenvalue weighted by atomic mass is 16.5. The Morgan fingerprint density at radius 2 is 1.82 bits per heavy atom. The van der Waals surface area contributed by atoms with E-state index in [9.17, 15) is 14.7 Å². The average molecular weight is 457 g/mol. The molecule has 0 aliphatic carbocycles. The fourth-order valence-corrected chi connectivity index (χ4v) is 3.44. The van der Waals surface area contributed by atoms with Crippen molar-refractivity contribution in [3.05, 3.63) is 47.8 Å². The van der Waals surface area contributed by atoms with Crippen molar-refractivity contribution in [1.29, 1.82) is 0 Å². The molecule has 2 rings (SSSR count). The van der Waals surface area contributed by atoms with Gasteiger partial charge in [0.15, 0.2) is 5.78 Å². The molecule has 0 aliphatic rings. The molecule has 1 aromatic heterocycles. The number of ether oxygens (including phenoxy) is 2. The summed E-state index contributed by atoms with van der Waals surface area (Å²) >= 11 is 0. The maximum atomic E-state index is 12.0. The summed E-state index contributed by atoms with van der Waals surface area (Å²) in [6, 6.07) is 7.08. The summed E-state index contributed by atoms with van der Waals surface area (Å²) in [5, 5.41) is 13.3. The molecule has 2 N–H and O–H groups in total. The molecule has 0 fully saturated rings. The summed E-state index contributed by atoms with van der Waals surface area (Å²) in [4.78, 5) is 27.6. The van der Waals surface area contributed by atoms with Crippen molar-refractivity contribution in [2.24, 2.45) is 0 Å². The van der Waals surface area contributed by atoms with Crippen LogP contribution in [0.15, 0.2) is 36.7 Å². The van der Waals surface area contributed by atoms with Gasteiger partial charge >= 0.3 is 0 Å². The van der Waals surface area contributed by atoms with Crippen LogP contribution in [0.2, 0.25) is 0 Å². The normalized spacial score (nSPS) is 10.6. The van der Waals surface area contributed by atoms with Gasteiger partial charge in [-0.25, -0.2) is 0 Å². The number of phenols is 1. The summed E-state index contributed by atoms with van der Waals surface area (Å²) in [6.45, 7) is 5.23. The Morgan fingerprint density at radius 1 is 1.03 bits per heavy atom. The first-order valence-electron chi connectivity index (χ1n) is 11.8. The zero-order valence-corrected chi connectivity index (χ0v) is 19.8. The summed E-state index contributed by atoms with van der Waals surface area (Å²) in [6.07, 6.45) is 9.63. The number of aromatic hydroxyl groups is 1. The van der Waals surface area contributed by atoms with Crippen LogP contribution in [0.1, 0.15) is 74.7 Å². The number of aromatic nitrogens is 1. The van der Waals surface area contributed by atoms with Crippen LogP contribution in [-0.2, 0) is 11.2 Å². The molecular formula is C26H36N2O5. The SMILES string of the molecule is CCCc1c(OCCCCCC(=O)NCCCCOc2cccnc2)ccc(C(C)=O)c1O. The maximum Gasteiger partial charge on any atom is 0.219 e. The first kappa shape index (κ1) is 26.2. The zero-order chi connectivity index (χ0) is 23.9. The first-order chi connectivity index (χ1) is 16.0. The Bertz CT molecular complexity index is 870. The molecular weight excluding hydrogens is 420 g/mol. The fourth-order valence-electron chi connectivity index (χ4n) is 3.44. The number of carbonyl (C=O) groups is 2. The van der Waals surface area contributed by atoms with Gasteiger partial charge in [0.05, 0.1) is 25.0 Å². The lowest BCUT2D eigenvalue weighted by molar-refractivity contribution is -0.121. The fraction of sp³-hybridized carbons (Fsp3) is 0.500. The largest absolute Gasteiger partial charge is 0.507 e. The number of nitrogens with zero attached hydrogens (tertiary/aromatic N) is 1. The molecule has 2 aromatic rings. The third-order valence-electron chi connectivity index (χ3n) is 5.22. The van der Waals surface area contributed by atoms with E-state index in [1.165, 1.54) is 6.92 Å². The van der Waals surface area contributed by atoms with Crippen molar-refractivity contribution in [3.8, 4) is 17.2 Å². The predicted molar refractivity (Wildman–Crippen MR) is 128 cm³/mol. The predicted octanol–water partition coefficient (Wildman–Crippen LogP) is 4.86. The van der Waals surface area contributed by atoms with Crippen molar-refractivity contribution in [3.63, 3.8) is 0 Å². The van der Waals surface area contributed by atoms with Crippen LogP contribution in [0.3, 0.4) is 0 Å². The molecule has 1 aromatic carbocycles. The van der Waals surface area contributed by atoms with E-state index in [1.54, 1.807) is 24.5 Å². The summed E-state index contributed by atoms with van der Waals surface area (Å²) in [7, 11) is 0. The highest BCUT2D eigenvalue weighted by molar-refractivity contribution is 5.97. The smallest absolute Gasteiger partial charge is 0.219 e. The molecule has 0 unspecified atom stereocenters. The van der Waals surface area contributed by atoms with Crippen LogP contribution in [0.5, 0.6) is 17.2 Å². The van der Waals surface area contributed by atoms with E-state index < -0.39 is 0 Å². The lowest BCUT2D eigenvalue weighted by atomic mass is 10.0. The van der Waals surface area contributed by atoms with Gasteiger partial charge in [0.1, 0.15) is 17.2 Å². The first-order valence-corrected chi connectivity index (χ1v) is 11.8. The Labute approximate surface area is 196 Å². The molecule has 7 nitrogen and oxygen atoms in total. The number of hydrogen-bond acceptors (Lipinski definition) is 6. The minimum atomic E-state index is -0.159. The molecule has 0 bridgehead atoms. The minimum absolute atomic E-state index is 0.0298. The number of rotatable bonds is 16. The number of nitrogens with one attached hydrogen (secondary N) is 1. The second-order valence-electron chi connectivity index (χ2n) is 8.00. The van der Waals surface area contributed by atoms with Gasteiger partial charge in [0.25, 0.3) is 0 Å². The summed E-state index contributed by atoms with van der Waals surface area (Å²) < 4.78 is 11.4. The molecule has 0 saturated carbocycles. The van der Waals surface area contributed by atoms with E-state index in [0.717, 1.165) is 44.3 Å². The standard InChI is InChI=1S/C26H36N2O5/c1-3-10-23-24(14-13-22(20(2)29)26(23)31)33-18-7-4-5-12-25(30)28-16-6-8-17-32-21-11-9-15-27-19-21/h9,11,13-15,19,31H,3-8,10,12,16-18H2,1-2H3,(H,28,30). The Balaban J connectivity index is 1.55. The van der Waals surface area contributed by atoms with E-state index in [0.29, 0.717) is 49.5 Å². The second kappa shape index (κ2) is 14.9. The van der Waals surface area contributed by atoms with Crippen LogP contribution in [0.25, 0.3) is 0 Å². The number of Topliss-reactive ketones (excluding diaryl/α,β-unsaturated/α-hetero) is 1. The third kappa shape index (κ3) is 9.51. The highest BCUT2D eigenvalue weighted by Crippen LogP contribution is 2.33. The molecule has 0 saturated heterocycles. The lowest BCUT2D eigenvalue weighted by Gasteiger charge is -2.14. The number of amides is 1. The zero-order valence-electron chi connectivity index (χ0n) is 19.8. The van der Waals surface area contributed by atoms with E-state index in [1.807, 2.05) is 19.1 Å². The van der Waals surface area contributed by atoms with Gasteiger partial charge in [0.2, 0.25) is 5.91 Å². The Hall–Kier alpha value is -3.09. The summed E-state index contributed by atoms with van der Waals surface area (Å²) in [5.74, 6) is 1.33. The van der Waals surface area contributed by atoms with E-state index in [-0.39, 0.29) is 17.4 Å². The second-order valence-corrected chi connectivity index (χ2v) is 8.00. The van der Waals surface area contributed by atoms with Crippen LogP contribution in [0, 0.1) is 0 Å². The minimum Gasteiger partial charge on any atom is -0.507 e. The van der Waals surface area contributed by atoms with Gasteiger partial charge in [0, 0.05) is 24.7 Å². The molecule has 1 heterocycles. The third-order valence-corrected chi connectivity index (χ3v) is 5.22. The Morgan fingerprint density at radius 3 is 2.55 bits per heavy atom. The molecule has 0 aliphatic heterocycles. The molecule has 1 amide bonds. The van der Waals surface area contributed by atoms with Crippen molar-refractivity contribution in [1.82, 2.24) is 10.3 Å². The molecule has 180 valence electrons. The van der Waals surface area contributed by atoms with Crippen molar-refractivity contribution >= 4 is 11.7 Å². The monoisotopic (exact) mass is 456 g/mol. The number of hydrogen-bond donors (Lipinski definition) is 2. The van der Waals surface area contributed by atoms with Gasteiger partial charge in [-0.1, -0.05) is 13.3 Å². The number of ketones is 1. The van der Waals surface area contributed by atoms with Crippen LogP contribution in [-0.4, -0.2) is 41.5 Å². The average Bonchev–Trinajstić information content (AvgIpc) is 2.81. The molecule has 7 heteroatoms. The lowest BCUT2D eigenvalue weighted by Crippen LogP contribution is -2.24. The van der Waals surface area contributed by atoms with Crippen molar-refractivity contribution < 1.29 is 24.2 Å². The number of benzene rings is 1. The van der Waals surface area contributed by atoms with E-state index in [2.05, 4.69) is 10.3 Å². The summed E-state index contributed by atoms with van der Waals surface area (Å²) in [5.41, 5.74) is 1.02. The molecule has 33 heavy (non-hydrogen) atoms. The van der Waals surface area contributed by atoms with E-state index in [4.69, 9.17) is 9.47 Å². The van der Waals surface area contributed by atoms with E-state index >= 15 is 0 Å². The van der Waals surface area contributed by atoms with Gasteiger partial charge in [-0.3, -0.25) is 14.6 Å². The van der Waals surface area contributed by atoms with Crippen molar-refractivity contribution in [2.75, 3.05) is 19.8 Å². The highest BCUT2D eigenvalue weighted by Gasteiger charge is 2.15. The number of carbonyl (C=O) groups excluding carboxylic acids is 2.